The summed E-state index contributed by atoms with van der Waals surface area (Å²) in [5.74, 6) is -0.799. The second kappa shape index (κ2) is 9.54. The van der Waals surface area contributed by atoms with Crippen LogP contribution in [0.4, 0.5) is 10.5 Å². The van der Waals surface area contributed by atoms with E-state index in [2.05, 4.69) is 38.4 Å². The van der Waals surface area contributed by atoms with Gasteiger partial charge in [-0.2, -0.15) is 0 Å². The highest BCUT2D eigenvalue weighted by Crippen LogP contribution is 2.44. The van der Waals surface area contributed by atoms with Gasteiger partial charge in [0.1, 0.15) is 5.60 Å². The van der Waals surface area contributed by atoms with Gasteiger partial charge < -0.3 is 14.7 Å². The minimum Gasteiger partial charge on any atom is -0.481 e. The molecule has 1 aliphatic heterocycles. The molecule has 6 nitrogen and oxygen atoms in total. The number of aliphatic carboxylic acids is 1. The van der Waals surface area contributed by atoms with Gasteiger partial charge in [0.05, 0.1) is 22.8 Å². The minimum absolute atomic E-state index is 0.0140. The molecule has 190 valence electrons. The molecule has 0 spiro atoms. The van der Waals surface area contributed by atoms with E-state index in [9.17, 15) is 14.7 Å². The lowest BCUT2D eigenvalue weighted by molar-refractivity contribution is -0.136. The quantitative estimate of drug-likeness (QED) is 0.377. The molecule has 36 heavy (non-hydrogen) atoms. The van der Waals surface area contributed by atoms with Gasteiger partial charge in [0.2, 0.25) is 0 Å². The Morgan fingerprint density at radius 1 is 1.31 bits per heavy atom. The number of benzene rings is 1. The van der Waals surface area contributed by atoms with E-state index in [1.165, 1.54) is 0 Å². The number of carbonyl (C=O) groups is 2. The first-order valence-electron chi connectivity index (χ1n) is 12.0. The van der Waals surface area contributed by atoms with Crippen molar-refractivity contribution in [2.45, 2.75) is 64.3 Å². The van der Waals surface area contributed by atoms with Gasteiger partial charge in [-0.05, 0) is 68.3 Å². The highest BCUT2D eigenvalue weighted by atomic mass is 79.9. The van der Waals surface area contributed by atoms with E-state index in [0.717, 1.165) is 44.2 Å². The van der Waals surface area contributed by atoms with Crippen LogP contribution in [0.3, 0.4) is 0 Å². The van der Waals surface area contributed by atoms with Crippen LogP contribution in [-0.2, 0) is 16.1 Å². The maximum absolute atomic E-state index is 13.2. The Morgan fingerprint density at radius 3 is 2.72 bits per heavy atom. The number of fused-ring (bicyclic) bond motifs is 2. The molecule has 3 aliphatic rings. The van der Waals surface area contributed by atoms with Crippen molar-refractivity contribution in [3.63, 3.8) is 0 Å². The van der Waals surface area contributed by atoms with Crippen LogP contribution in [-0.4, -0.2) is 39.8 Å². The number of nitrogens with zero attached hydrogens (tertiary/aromatic N) is 2. The summed E-state index contributed by atoms with van der Waals surface area (Å²) in [6.45, 7) is 6.21. The van der Waals surface area contributed by atoms with E-state index < -0.39 is 11.6 Å². The van der Waals surface area contributed by atoms with Crippen molar-refractivity contribution >= 4 is 66.7 Å². The van der Waals surface area contributed by atoms with Crippen molar-refractivity contribution in [1.29, 1.82) is 0 Å². The van der Waals surface area contributed by atoms with Crippen LogP contribution in [0.15, 0.2) is 52.0 Å². The molecule has 0 radical (unpaired) electrons. The van der Waals surface area contributed by atoms with Gasteiger partial charge in [0.25, 0.3) is 0 Å². The molecule has 2 aliphatic carbocycles. The summed E-state index contributed by atoms with van der Waals surface area (Å²) >= 11 is 11.8. The third-order valence-electron chi connectivity index (χ3n) is 6.47. The number of rotatable bonds is 6. The molecule has 2 aromatic rings. The number of ether oxygens (including phenoxy) is 1. The fraction of sp³-hybridized carbons (Fsp3) is 0.407. The minimum atomic E-state index is -0.830. The predicted octanol–water partition coefficient (Wildman–Crippen LogP) is 7.47. The molecule has 1 aromatic carbocycles. The molecule has 2 atom stereocenters. The SMILES string of the molecule is CC(C)(C)OC(=O)N(c1cc(Cl)cc2c(CN3C=C(CC(=O)O)C4C=CC(Br)=CC43)csc12)C1CC1. The number of anilines is 1. The smallest absolute Gasteiger partial charge is 0.415 e. The van der Waals surface area contributed by atoms with E-state index in [1.54, 1.807) is 16.2 Å². The molecule has 9 heteroatoms. The predicted molar refractivity (Wildman–Crippen MR) is 148 cm³/mol. The van der Waals surface area contributed by atoms with Gasteiger partial charge in [0.15, 0.2) is 0 Å². The summed E-state index contributed by atoms with van der Waals surface area (Å²) in [6.07, 6.45) is 9.70. The summed E-state index contributed by atoms with van der Waals surface area (Å²) in [5, 5.41) is 13.1. The highest BCUT2D eigenvalue weighted by Gasteiger charge is 2.38. The maximum Gasteiger partial charge on any atom is 0.415 e. The molecule has 1 aromatic heterocycles. The fourth-order valence-corrected chi connectivity index (χ4v) is 6.56. The fourth-order valence-electron chi connectivity index (χ4n) is 4.87. The van der Waals surface area contributed by atoms with Gasteiger partial charge in [-0.1, -0.05) is 39.7 Å². The van der Waals surface area contributed by atoms with Crippen LogP contribution in [0.25, 0.3) is 10.1 Å². The summed E-state index contributed by atoms with van der Waals surface area (Å²) in [6, 6.07) is 3.96. The topological polar surface area (TPSA) is 70.1 Å². The van der Waals surface area contributed by atoms with Crippen molar-refractivity contribution in [2.24, 2.45) is 5.92 Å². The number of amides is 1. The Bertz CT molecular complexity index is 1320. The zero-order valence-electron chi connectivity index (χ0n) is 20.3. The highest BCUT2D eigenvalue weighted by molar-refractivity contribution is 9.11. The number of carboxylic acid groups (broad SMARTS) is 1. The Morgan fingerprint density at radius 2 is 2.06 bits per heavy atom. The van der Waals surface area contributed by atoms with Crippen LogP contribution in [0.5, 0.6) is 0 Å². The molecule has 0 bridgehead atoms. The molecule has 1 fully saturated rings. The maximum atomic E-state index is 13.2. The number of hydrogen-bond acceptors (Lipinski definition) is 5. The zero-order valence-corrected chi connectivity index (χ0v) is 23.5. The van der Waals surface area contributed by atoms with Crippen LogP contribution in [0, 0.1) is 5.92 Å². The van der Waals surface area contributed by atoms with E-state index in [0.29, 0.717) is 11.6 Å². The lowest BCUT2D eigenvalue weighted by atomic mass is 9.89. The van der Waals surface area contributed by atoms with Gasteiger partial charge in [-0.3, -0.25) is 9.69 Å². The number of allylic oxidation sites excluding steroid dienone is 2. The molecule has 1 saturated carbocycles. The molecular formula is C27H28BrClN2O4S. The first-order valence-corrected chi connectivity index (χ1v) is 14.0. The van der Waals surface area contributed by atoms with E-state index in [1.807, 2.05) is 45.2 Å². The standard InChI is InChI=1S/C27H28BrClN2O4S/c1-27(2,3)35-26(34)31(19-5-6-19)23-11-18(29)10-21-16(14-36-25(21)23)13-30-12-15(8-24(32)33)20-7-4-17(28)9-22(20)30/h4,7,9-12,14,19-20,22H,5-6,8,13H2,1-3H3,(H,32,33). The number of hydrogen-bond donors (Lipinski definition) is 1. The first-order chi connectivity index (χ1) is 17.0. The Balaban J connectivity index is 1.50. The van der Waals surface area contributed by atoms with E-state index in [4.69, 9.17) is 16.3 Å². The van der Waals surface area contributed by atoms with Crippen LogP contribution >= 0.6 is 38.9 Å². The molecular weight excluding hydrogens is 564 g/mol. The summed E-state index contributed by atoms with van der Waals surface area (Å²) in [4.78, 5) is 28.6. The molecule has 5 rings (SSSR count). The summed E-state index contributed by atoms with van der Waals surface area (Å²) in [5.41, 5.74) is 2.17. The van der Waals surface area contributed by atoms with Crippen LogP contribution < -0.4 is 4.90 Å². The average molecular weight is 592 g/mol. The van der Waals surface area contributed by atoms with Crippen LogP contribution in [0.2, 0.25) is 5.02 Å². The zero-order chi connectivity index (χ0) is 25.8. The van der Waals surface area contributed by atoms with Crippen molar-refractivity contribution in [1.82, 2.24) is 4.90 Å². The Kier molecular flexibility index (Phi) is 6.72. The Labute approximate surface area is 228 Å². The first kappa shape index (κ1) is 25.4. The van der Waals surface area contributed by atoms with Gasteiger partial charge in [0, 0.05) is 39.6 Å². The van der Waals surface area contributed by atoms with Crippen LogP contribution in [0.1, 0.15) is 45.6 Å². The van der Waals surface area contributed by atoms with Gasteiger partial charge in [-0.15, -0.1) is 11.3 Å². The third kappa shape index (κ3) is 5.22. The van der Waals surface area contributed by atoms with Crippen molar-refractivity contribution in [3.05, 3.63) is 62.6 Å². The van der Waals surface area contributed by atoms with Crippen molar-refractivity contribution in [3.8, 4) is 0 Å². The number of halogens is 2. The monoisotopic (exact) mass is 590 g/mol. The molecule has 2 heterocycles. The molecule has 1 amide bonds. The second-order valence-electron chi connectivity index (χ2n) is 10.5. The number of thiophene rings is 1. The number of carbonyl (C=O) groups excluding carboxylic acids is 1. The van der Waals surface area contributed by atoms with Crippen molar-refractivity contribution < 1.29 is 19.4 Å². The normalized spacial score (nSPS) is 21.3. The molecule has 0 saturated heterocycles. The molecule has 2 unspecified atom stereocenters. The van der Waals surface area contributed by atoms with Gasteiger partial charge >= 0.3 is 12.1 Å². The van der Waals surface area contributed by atoms with Gasteiger partial charge in [-0.25, -0.2) is 4.79 Å². The lowest BCUT2D eigenvalue weighted by Gasteiger charge is -2.29. The summed E-state index contributed by atoms with van der Waals surface area (Å²) in [7, 11) is 0. The third-order valence-corrected chi connectivity index (χ3v) is 8.29. The molecule has 1 N–H and O–H groups in total. The number of carboxylic acids is 1. The van der Waals surface area contributed by atoms with E-state index >= 15 is 0 Å². The van der Waals surface area contributed by atoms with E-state index in [-0.39, 0.29) is 30.5 Å². The summed E-state index contributed by atoms with van der Waals surface area (Å²) < 4.78 is 7.72. The Hall–Kier alpha value is -2.29. The second-order valence-corrected chi connectivity index (χ2v) is 12.7. The lowest BCUT2D eigenvalue weighted by Crippen LogP contribution is -2.38. The largest absolute Gasteiger partial charge is 0.481 e. The van der Waals surface area contributed by atoms with Crippen molar-refractivity contribution in [2.75, 3.05) is 4.90 Å². The average Bonchev–Trinajstić information content (AvgIpc) is 3.43.